The molecule has 1 aliphatic rings. The second kappa shape index (κ2) is 6.64. The lowest BCUT2D eigenvalue weighted by molar-refractivity contribution is 0.0650. The summed E-state index contributed by atoms with van der Waals surface area (Å²) in [6, 6.07) is 11.7. The molecule has 25 heavy (non-hydrogen) atoms. The van der Waals surface area contributed by atoms with Gasteiger partial charge in [0.1, 0.15) is 11.8 Å². The average molecular weight is 336 g/mol. The zero-order valence-electron chi connectivity index (χ0n) is 13.9. The van der Waals surface area contributed by atoms with Crippen LogP contribution in [0.2, 0.25) is 0 Å². The second-order valence-corrected chi connectivity index (χ2v) is 6.43. The van der Waals surface area contributed by atoms with Crippen molar-refractivity contribution in [2.24, 2.45) is 5.92 Å². The van der Waals surface area contributed by atoms with Crippen molar-refractivity contribution in [1.82, 2.24) is 19.4 Å². The number of pyridine rings is 1. The lowest BCUT2D eigenvalue weighted by Gasteiger charge is -2.31. The molecule has 1 aromatic carbocycles. The molecule has 0 aliphatic carbocycles. The number of likely N-dealkylation sites (tertiary alicyclic amines) is 1. The predicted octanol–water partition coefficient (Wildman–Crippen LogP) is 2.26. The molecule has 4 rings (SSSR count). The van der Waals surface area contributed by atoms with Crippen molar-refractivity contribution in [3.8, 4) is 5.69 Å². The van der Waals surface area contributed by atoms with E-state index in [9.17, 15) is 9.90 Å². The molecule has 1 N–H and O–H groups in total. The molecule has 1 aliphatic heterocycles. The predicted molar refractivity (Wildman–Crippen MR) is 94.6 cm³/mol. The van der Waals surface area contributed by atoms with E-state index in [-0.39, 0.29) is 12.5 Å². The number of nitrogens with zero attached hydrogens (tertiary/aromatic N) is 4. The normalized spacial score (nSPS) is 15.6. The van der Waals surface area contributed by atoms with Gasteiger partial charge in [0.2, 0.25) is 0 Å². The summed E-state index contributed by atoms with van der Waals surface area (Å²) in [5.74, 6) is 0.297. The maximum atomic E-state index is 12.7. The number of para-hydroxylation sites is 1. The summed E-state index contributed by atoms with van der Waals surface area (Å²) in [4.78, 5) is 23.4. The average Bonchev–Trinajstić information content (AvgIpc) is 3.11. The number of hydrogen-bond donors (Lipinski definition) is 1. The van der Waals surface area contributed by atoms with Crippen LogP contribution in [0.25, 0.3) is 16.9 Å². The minimum atomic E-state index is -0.0138. The van der Waals surface area contributed by atoms with Gasteiger partial charge in [0.15, 0.2) is 5.65 Å². The summed E-state index contributed by atoms with van der Waals surface area (Å²) in [6.07, 6.45) is 5.05. The van der Waals surface area contributed by atoms with Crippen LogP contribution in [-0.4, -0.2) is 50.1 Å². The van der Waals surface area contributed by atoms with E-state index in [1.54, 1.807) is 12.5 Å². The van der Waals surface area contributed by atoms with E-state index in [0.717, 1.165) is 24.2 Å². The largest absolute Gasteiger partial charge is 0.396 e. The van der Waals surface area contributed by atoms with E-state index in [0.29, 0.717) is 30.1 Å². The summed E-state index contributed by atoms with van der Waals surface area (Å²) in [6.45, 7) is 1.56. The van der Waals surface area contributed by atoms with Crippen molar-refractivity contribution in [3.63, 3.8) is 0 Å². The van der Waals surface area contributed by atoms with Crippen LogP contribution in [0, 0.1) is 5.92 Å². The fraction of sp³-hybridized carbons (Fsp3) is 0.316. The molecule has 0 spiro atoms. The SMILES string of the molecule is O=C(c1cnc2c(c1)ncn2-c1ccccc1)N1CCC(CO)CC1. The minimum absolute atomic E-state index is 0.0138. The van der Waals surface area contributed by atoms with Crippen LogP contribution in [0.4, 0.5) is 0 Å². The highest BCUT2D eigenvalue weighted by atomic mass is 16.3. The van der Waals surface area contributed by atoms with Crippen molar-refractivity contribution >= 4 is 17.1 Å². The zero-order valence-corrected chi connectivity index (χ0v) is 13.9. The zero-order chi connectivity index (χ0) is 17.2. The number of carbonyl (C=O) groups is 1. The number of rotatable bonds is 3. The number of aliphatic hydroxyl groups is 1. The Hall–Kier alpha value is -2.73. The molecular formula is C19H20N4O2. The van der Waals surface area contributed by atoms with Gasteiger partial charge in [0, 0.05) is 31.6 Å². The highest BCUT2D eigenvalue weighted by molar-refractivity contribution is 5.96. The molecular weight excluding hydrogens is 316 g/mol. The Labute approximate surface area is 145 Å². The second-order valence-electron chi connectivity index (χ2n) is 6.43. The van der Waals surface area contributed by atoms with Gasteiger partial charge in [-0.25, -0.2) is 9.97 Å². The van der Waals surface area contributed by atoms with Gasteiger partial charge >= 0.3 is 0 Å². The van der Waals surface area contributed by atoms with Crippen molar-refractivity contribution in [2.45, 2.75) is 12.8 Å². The highest BCUT2D eigenvalue weighted by Crippen LogP contribution is 2.21. The fourth-order valence-corrected chi connectivity index (χ4v) is 3.30. The first-order valence-corrected chi connectivity index (χ1v) is 8.55. The van der Waals surface area contributed by atoms with Gasteiger partial charge in [0.05, 0.1) is 5.56 Å². The van der Waals surface area contributed by atoms with E-state index in [1.165, 1.54) is 0 Å². The Morgan fingerprint density at radius 1 is 1.16 bits per heavy atom. The minimum Gasteiger partial charge on any atom is -0.396 e. The maximum Gasteiger partial charge on any atom is 0.255 e. The van der Waals surface area contributed by atoms with Gasteiger partial charge < -0.3 is 10.0 Å². The first-order valence-electron chi connectivity index (χ1n) is 8.55. The molecule has 0 saturated carbocycles. The van der Waals surface area contributed by atoms with Gasteiger partial charge in [-0.15, -0.1) is 0 Å². The van der Waals surface area contributed by atoms with Crippen LogP contribution in [-0.2, 0) is 0 Å². The number of piperidine rings is 1. The maximum absolute atomic E-state index is 12.7. The standard InChI is InChI=1S/C19H20N4O2/c24-12-14-6-8-22(9-7-14)19(25)15-10-17-18(20-11-15)23(13-21-17)16-4-2-1-3-5-16/h1-5,10-11,13-14,24H,6-9,12H2. The smallest absolute Gasteiger partial charge is 0.255 e. The molecule has 0 bridgehead atoms. The van der Waals surface area contributed by atoms with Crippen LogP contribution in [0.5, 0.6) is 0 Å². The van der Waals surface area contributed by atoms with Crippen molar-refractivity contribution in [3.05, 3.63) is 54.5 Å². The molecule has 0 unspecified atom stereocenters. The number of benzene rings is 1. The van der Waals surface area contributed by atoms with E-state index in [2.05, 4.69) is 9.97 Å². The summed E-state index contributed by atoms with van der Waals surface area (Å²) in [5.41, 5.74) is 3.00. The molecule has 1 amide bonds. The number of aliphatic hydroxyl groups excluding tert-OH is 1. The number of carbonyl (C=O) groups excluding carboxylic acids is 1. The molecule has 3 aromatic rings. The Bertz CT molecular complexity index is 883. The van der Waals surface area contributed by atoms with Gasteiger partial charge in [-0.05, 0) is 37.0 Å². The lowest BCUT2D eigenvalue weighted by Crippen LogP contribution is -2.39. The third kappa shape index (κ3) is 3.00. The summed E-state index contributed by atoms with van der Waals surface area (Å²) < 4.78 is 1.91. The van der Waals surface area contributed by atoms with Crippen LogP contribution in [0.3, 0.4) is 0 Å². The summed E-state index contributed by atoms with van der Waals surface area (Å²) >= 11 is 0. The number of imidazole rings is 1. The van der Waals surface area contributed by atoms with Gasteiger partial charge in [-0.2, -0.15) is 0 Å². The third-order valence-electron chi connectivity index (χ3n) is 4.83. The number of hydrogen-bond acceptors (Lipinski definition) is 4. The van der Waals surface area contributed by atoms with E-state index >= 15 is 0 Å². The fourth-order valence-electron chi connectivity index (χ4n) is 3.30. The molecule has 6 heteroatoms. The van der Waals surface area contributed by atoms with E-state index < -0.39 is 0 Å². The topological polar surface area (TPSA) is 71.2 Å². The Morgan fingerprint density at radius 2 is 1.92 bits per heavy atom. The van der Waals surface area contributed by atoms with Crippen LogP contribution < -0.4 is 0 Å². The lowest BCUT2D eigenvalue weighted by atomic mass is 9.97. The van der Waals surface area contributed by atoms with E-state index in [1.807, 2.05) is 45.9 Å². The molecule has 2 aromatic heterocycles. The Morgan fingerprint density at radius 3 is 2.64 bits per heavy atom. The van der Waals surface area contributed by atoms with Crippen LogP contribution in [0.15, 0.2) is 48.9 Å². The van der Waals surface area contributed by atoms with Crippen molar-refractivity contribution in [2.75, 3.05) is 19.7 Å². The summed E-state index contributed by atoms with van der Waals surface area (Å²) in [7, 11) is 0. The van der Waals surface area contributed by atoms with Gasteiger partial charge in [-0.1, -0.05) is 18.2 Å². The molecule has 128 valence electrons. The quantitative estimate of drug-likeness (QED) is 0.796. The number of aromatic nitrogens is 3. The highest BCUT2D eigenvalue weighted by Gasteiger charge is 2.23. The first kappa shape index (κ1) is 15.8. The number of fused-ring (bicyclic) bond motifs is 1. The molecule has 0 radical (unpaired) electrons. The third-order valence-corrected chi connectivity index (χ3v) is 4.83. The van der Waals surface area contributed by atoms with Gasteiger partial charge in [0.25, 0.3) is 5.91 Å². The molecule has 0 atom stereocenters. The van der Waals surface area contributed by atoms with Crippen LogP contribution in [0.1, 0.15) is 23.2 Å². The molecule has 3 heterocycles. The monoisotopic (exact) mass is 336 g/mol. The Balaban J connectivity index is 1.59. The Kier molecular flexibility index (Phi) is 4.19. The first-order chi connectivity index (χ1) is 12.3. The van der Waals surface area contributed by atoms with Crippen molar-refractivity contribution < 1.29 is 9.90 Å². The number of amides is 1. The molecule has 6 nitrogen and oxygen atoms in total. The molecule has 1 saturated heterocycles. The summed E-state index contributed by atoms with van der Waals surface area (Å²) in [5, 5.41) is 9.22. The van der Waals surface area contributed by atoms with E-state index in [4.69, 9.17) is 0 Å². The van der Waals surface area contributed by atoms with Crippen LogP contribution >= 0.6 is 0 Å². The molecule has 1 fully saturated rings. The van der Waals surface area contributed by atoms with Crippen molar-refractivity contribution in [1.29, 1.82) is 0 Å². The van der Waals surface area contributed by atoms with Gasteiger partial charge in [-0.3, -0.25) is 9.36 Å².